The molecule has 4 N–H and O–H groups in total. The third kappa shape index (κ3) is 5.08. The molecule has 28 heavy (non-hydrogen) atoms. The molecule has 0 aliphatic heterocycles. The van der Waals surface area contributed by atoms with Crippen LogP contribution in [-0.2, 0) is 9.59 Å². The van der Waals surface area contributed by atoms with Gasteiger partial charge in [-0.1, -0.05) is 18.2 Å². The number of carboxylic acid groups (broad SMARTS) is 1. The number of aliphatic hydroxyl groups is 1. The Hall–Kier alpha value is -2.45. The van der Waals surface area contributed by atoms with E-state index in [4.69, 9.17) is 9.90 Å². The molecule has 3 atom stereocenters. The average Bonchev–Trinajstić information content (AvgIpc) is 3.38. The lowest BCUT2D eigenvalue weighted by molar-refractivity contribution is -0.127. The van der Waals surface area contributed by atoms with Gasteiger partial charge in [0.2, 0.25) is 5.91 Å². The van der Waals surface area contributed by atoms with Crippen molar-refractivity contribution in [2.45, 2.75) is 50.3 Å². The van der Waals surface area contributed by atoms with Crippen molar-refractivity contribution in [2.24, 2.45) is 5.92 Å². The maximum Gasteiger partial charge on any atom is 0.290 e. The maximum atomic E-state index is 12.6. The Balaban J connectivity index is 0.000000706. The third-order valence-corrected chi connectivity index (χ3v) is 6.19. The minimum Gasteiger partial charge on any atom is -0.483 e. The summed E-state index contributed by atoms with van der Waals surface area (Å²) in [5.74, 6) is -0.235. The summed E-state index contributed by atoms with van der Waals surface area (Å²) in [5, 5.41) is 24.2. The Kier molecular flexibility index (Phi) is 6.64. The number of thiophene rings is 1. The first-order valence-corrected chi connectivity index (χ1v) is 10.2. The monoisotopic (exact) mass is 404 g/mol. The van der Waals surface area contributed by atoms with E-state index in [2.05, 4.69) is 10.6 Å². The molecule has 2 fully saturated rings. The predicted molar refractivity (Wildman–Crippen MR) is 106 cm³/mol. The predicted octanol–water partition coefficient (Wildman–Crippen LogP) is 2.14. The van der Waals surface area contributed by atoms with Gasteiger partial charge in [-0.3, -0.25) is 14.4 Å². The van der Waals surface area contributed by atoms with Crippen LogP contribution >= 0.6 is 11.3 Å². The Morgan fingerprint density at radius 1 is 1.11 bits per heavy atom. The van der Waals surface area contributed by atoms with E-state index in [1.807, 2.05) is 30.3 Å². The fourth-order valence-corrected chi connectivity index (χ4v) is 4.39. The molecule has 0 saturated heterocycles. The molecule has 1 aromatic heterocycles. The zero-order valence-corrected chi connectivity index (χ0v) is 16.2. The van der Waals surface area contributed by atoms with Crippen LogP contribution in [0.25, 0.3) is 10.1 Å². The largest absolute Gasteiger partial charge is 0.483 e. The summed E-state index contributed by atoms with van der Waals surface area (Å²) in [5.41, 5.74) is 0. The van der Waals surface area contributed by atoms with Crippen molar-refractivity contribution in [2.75, 3.05) is 0 Å². The number of nitrogens with one attached hydrogen (secondary N) is 2. The molecule has 2 aliphatic carbocycles. The fourth-order valence-electron chi connectivity index (χ4n) is 3.43. The van der Waals surface area contributed by atoms with Gasteiger partial charge in [0.1, 0.15) is 0 Å². The van der Waals surface area contributed by atoms with Crippen molar-refractivity contribution in [1.82, 2.24) is 10.6 Å². The highest BCUT2D eigenvalue weighted by Gasteiger charge is 2.35. The number of amides is 2. The number of carbonyl (C=O) groups excluding carboxylic acids is 2. The smallest absolute Gasteiger partial charge is 0.290 e. The Labute approximate surface area is 166 Å². The first-order valence-electron chi connectivity index (χ1n) is 9.37. The van der Waals surface area contributed by atoms with Crippen molar-refractivity contribution in [3.63, 3.8) is 0 Å². The van der Waals surface area contributed by atoms with Crippen LogP contribution in [0.4, 0.5) is 0 Å². The normalized spacial score (nSPS) is 24.0. The van der Waals surface area contributed by atoms with Crippen molar-refractivity contribution in [1.29, 1.82) is 0 Å². The van der Waals surface area contributed by atoms with Crippen LogP contribution in [0.2, 0.25) is 0 Å². The number of hydrogen-bond acceptors (Lipinski definition) is 5. The molecule has 1 aromatic carbocycles. The van der Waals surface area contributed by atoms with Gasteiger partial charge in [-0.05, 0) is 49.6 Å². The topological polar surface area (TPSA) is 116 Å². The summed E-state index contributed by atoms with van der Waals surface area (Å²) in [6, 6.07) is 9.72. The van der Waals surface area contributed by atoms with Gasteiger partial charge in [0.05, 0.1) is 17.0 Å². The van der Waals surface area contributed by atoms with E-state index in [1.165, 1.54) is 11.3 Å². The van der Waals surface area contributed by atoms with Crippen LogP contribution < -0.4 is 10.6 Å². The van der Waals surface area contributed by atoms with E-state index >= 15 is 0 Å². The standard InChI is InChI=1S/C19H22N2O3S.CH2O2/c22-15-8-5-12(18(23)20-13-6-7-13)9-14(15)21-19(24)17-10-11-3-1-2-4-16(11)25-17;2-1-3/h1-4,10,12-15,22H,5-9H2,(H,20,23)(H,21,24);1H,(H,2,3)/t12-,14+,15+;/m0./s1. The Morgan fingerprint density at radius 3 is 2.50 bits per heavy atom. The Morgan fingerprint density at radius 2 is 1.82 bits per heavy atom. The molecular weight excluding hydrogens is 380 g/mol. The van der Waals surface area contributed by atoms with Crippen LogP contribution in [0.1, 0.15) is 41.8 Å². The zero-order chi connectivity index (χ0) is 20.1. The fraction of sp³-hybridized carbons (Fsp3) is 0.450. The van der Waals surface area contributed by atoms with Crippen molar-refractivity contribution in [3.8, 4) is 0 Å². The molecule has 8 heteroatoms. The molecule has 0 spiro atoms. The Bertz CT molecular complexity index is 815. The summed E-state index contributed by atoms with van der Waals surface area (Å²) >= 11 is 1.45. The highest BCUT2D eigenvalue weighted by atomic mass is 32.1. The van der Waals surface area contributed by atoms with E-state index in [-0.39, 0.29) is 30.2 Å². The summed E-state index contributed by atoms with van der Waals surface area (Å²) in [7, 11) is 0. The maximum absolute atomic E-state index is 12.6. The van der Waals surface area contributed by atoms with E-state index in [1.54, 1.807) is 0 Å². The molecule has 2 aromatic rings. The number of aliphatic hydroxyl groups excluding tert-OH is 1. The third-order valence-electron chi connectivity index (χ3n) is 5.07. The minimum absolute atomic E-state index is 0.0653. The van der Waals surface area contributed by atoms with Gasteiger partial charge in [0.15, 0.2) is 0 Å². The number of benzene rings is 1. The van der Waals surface area contributed by atoms with Crippen molar-refractivity contribution >= 4 is 39.7 Å². The van der Waals surface area contributed by atoms with Crippen molar-refractivity contribution in [3.05, 3.63) is 35.2 Å². The molecule has 0 unspecified atom stereocenters. The highest BCUT2D eigenvalue weighted by Crippen LogP contribution is 2.29. The van der Waals surface area contributed by atoms with E-state index in [0.29, 0.717) is 30.2 Å². The molecular formula is C20H24N2O5S. The minimum atomic E-state index is -0.594. The number of carbonyl (C=O) groups is 3. The van der Waals surface area contributed by atoms with Gasteiger partial charge in [0, 0.05) is 16.7 Å². The summed E-state index contributed by atoms with van der Waals surface area (Å²) in [6.07, 6.45) is 3.24. The summed E-state index contributed by atoms with van der Waals surface area (Å²) < 4.78 is 1.07. The summed E-state index contributed by atoms with van der Waals surface area (Å²) in [6.45, 7) is -0.250. The first-order chi connectivity index (χ1) is 13.5. The second-order valence-electron chi connectivity index (χ2n) is 7.19. The molecule has 0 radical (unpaired) electrons. The van der Waals surface area contributed by atoms with Gasteiger partial charge in [-0.2, -0.15) is 0 Å². The van der Waals surface area contributed by atoms with Gasteiger partial charge < -0.3 is 20.8 Å². The first kappa shape index (κ1) is 20.3. The highest BCUT2D eigenvalue weighted by molar-refractivity contribution is 7.20. The number of rotatable bonds is 4. The average molecular weight is 404 g/mol. The molecule has 150 valence electrons. The van der Waals surface area contributed by atoms with Crippen molar-refractivity contribution < 1.29 is 24.6 Å². The molecule has 2 aliphatic rings. The van der Waals surface area contributed by atoms with E-state index in [0.717, 1.165) is 22.9 Å². The van der Waals surface area contributed by atoms with Crippen LogP contribution in [-0.4, -0.2) is 46.7 Å². The van der Waals surface area contributed by atoms with Gasteiger partial charge in [-0.15, -0.1) is 11.3 Å². The SMILES string of the molecule is O=C(N[C@@H]1C[C@@H](C(=O)NC2CC2)CC[C@H]1O)c1cc2ccccc2s1.O=CO. The molecule has 2 saturated carbocycles. The second kappa shape index (κ2) is 9.16. The molecule has 7 nitrogen and oxygen atoms in total. The van der Waals surface area contributed by atoms with Gasteiger partial charge in [0.25, 0.3) is 12.4 Å². The lowest BCUT2D eigenvalue weighted by Gasteiger charge is -2.33. The second-order valence-corrected chi connectivity index (χ2v) is 8.28. The van der Waals surface area contributed by atoms with Crippen LogP contribution in [0.5, 0.6) is 0 Å². The number of fused-ring (bicyclic) bond motifs is 1. The zero-order valence-electron chi connectivity index (χ0n) is 15.3. The van der Waals surface area contributed by atoms with E-state index in [9.17, 15) is 14.7 Å². The molecule has 0 bridgehead atoms. The molecule has 1 heterocycles. The van der Waals surface area contributed by atoms with Crippen LogP contribution in [0.15, 0.2) is 30.3 Å². The quantitative estimate of drug-likeness (QED) is 0.583. The lowest BCUT2D eigenvalue weighted by atomic mass is 9.83. The van der Waals surface area contributed by atoms with Crippen LogP contribution in [0, 0.1) is 5.92 Å². The summed E-state index contributed by atoms with van der Waals surface area (Å²) in [4.78, 5) is 33.8. The van der Waals surface area contributed by atoms with E-state index < -0.39 is 6.10 Å². The van der Waals surface area contributed by atoms with Crippen LogP contribution in [0.3, 0.4) is 0 Å². The molecule has 4 rings (SSSR count). The lowest BCUT2D eigenvalue weighted by Crippen LogP contribution is -2.49. The van der Waals surface area contributed by atoms with Gasteiger partial charge >= 0.3 is 0 Å². The molecule has 2 amide bonds. The number of hydrogen-bond donors (Lipinski definition) is 4. The van der Waals surface area contributed by atoms with Gasteiger partial charge in [-0.25, -0.2) is 0 Å².